The summed E-state index contributed by atoms with van der Waals surface area (Å²) < 4.78 is 5.04. The number of anilines is 1. The summed E-state index contributed by atoms with van der Waals surface area (Å²) in [6.45, 7) is 0.494. The molecule has 1 amide bonds. The van der Waals surface area contributed by atoms with Crippen molar-refractivity contribution in [2.75, 3.05) is 12.4 Å². The quantitative estimate of drug-likeness (QED) is 0.896. The molecular weight excluding hydrogens is 228 g/mol. The molecule has 4 nitrogen and oxygen atoms in total. The number of nitrogens with zero attached hydrogens (tertiary/aromatic N) is 1. The molecule has 2 rings (SSSR count). The van der Waals surface area contributed by atoms with Crippen molar-refractivity contribution in [1.29, 1.82) is 0 Å². The second-order valence-corrected chi connectivity index (χ2v) is 3.83. The van der Waals surface area contributed by atoms with Crippen LogP contribution in [0.1, 0.15) is 15.9 Å². The smallest absolute Gasteiger partial charge is 0.255 e. The molecule has 0 fully saturated rings. The van der Waals surface area contributed by atoms with E-state index in [0.717, 1.165) is 5.56 Å². The van der Waals surface area contributed by atoms with E-state index in [2.05, 4.69) is 10.3 Å². The van der Waals surface area contributed by atoms with Crippen LogP contribution in [-0.2, 0) is 11.3 Å². The minimum Gasteiger partial charge on any atom is -0.380 e. The molecule has 0 atom stereocenters. The molecule has 92 valence electrons. The van der Waals surface area contributed by atoms with Gasteiger partial charge in [0.1, 0.15) is 0 Å². The number of pyridine rings is 1. The Morgan fingerprint density at radius 1 is 1.33 bits per heavy atom. The van der Waals surface area contributed by atoms with Crippen molar-refractivity contribution >= 4 is 11.6 Å². The third-order valence-corrected chi connectivity index (χ3v) is 2.42. The predicted molar refractivity (Wildman–Crippen MR) is 69.3 cm³/mol. The zero-order chi connectivity index (χ0) is 12.8. The minimum absolute atomic E-state index is 0.152. The number of ether oxygens (including phenoxy) is 1. The van der Waals surface area contributed by atoms with E-state index in [9.17, 15) is 4.79 Å². The molecule has 2 aromatic rings. The number of hydrogen-bond donors (Lipinski definition) is 1. The van der Waals surface area contributed by atoms with Crippen molar-refractivity contribution in [2.45, 2.75) is 6.61 Å². The number of hydrogen-bond acceptors (Lipinski definition) is 3. The number of methoxy groups -OCH3 is 1. The van der Waals surface area contributed by atoms with Crippen molar-refractivity contribution in [2.24, 2.45) is 0 Å². The first-order valence-electron chi connectivity index (χ1n) is 5.59. The van der Waals surface area contributed by atoms with Crippen LogP contribution in [0.5, 0.6) is 0 Å². The van der Waals surface area contributed by atoms with Crippen LogP contribution in [0, 0.1) is 0 Å². The Hall–Kier alpha value is -2.20. The molecule has 1 aromatic heterocycles. The number of rotatable bonds is 4. The SMILES string of the molecule is COCc1cccc(C(=O)Nc2cccnc2)c1. The molecule has 1 aromatic carbocycles. The Labute approximate surface area is 106 Å². The van der Waals surface area contributed by atoms with E-state index in [1.807, 2.05) is 18.2 Å². The zero-order valence-corrected chi connectivity index (χ0v) is 10.1. The fraction of sp³-hybridized carbons (Fsp3) is 0.143. The number of aromatic nitrogens is 1. The third kappa shape index (κ3) is 3.15. The van der Waals surface area contributed by atoms with Gasteiger partial charge in [-0.1, -0.05) is 12.1 Å². The molecular formula is C14H14N2O2. The summed E-state index contributed by atoms with van der Waals surface area (Å²) in [5.41, 5.74) is 2.25. The van der Waals surface area contributed by atoms with E-state index in [-0.39, 0.29) is 5.91 Å². The summed E-state index contributed by atoms with van der Waals surface area (Å²) in [6.07, 6.45) is 3.27. The van der Waals surface area contributed by atoms with Crippen LogP contribution in [0.25, 0.3) is 0 Å². The Balaban J connectivity index is 2.11. The molecule has 1 heterocycles. The standard InChI is InChI=1S/C14H14N2O2/c1-18-10-11-4-2-5-12(8-11)14(17)16-13-6-3-7-15-9-13/h2-9H,10H2,1H3,(H,16,17). The van der Waals surface area contributed by atoms with Crippen molar-refractivity contribution in [3.63, 3.8) is 0 Å². The summed E-state index contributed by atoms with van der Waals surface area (Å²) in [6, 6.07) is 10.9. The van der Waals surface area contributed by atoms with Crippen molar-refractivity contribution in [3.8, 4) is 0 Å². The highest BCUT2D eigenvalue weighted by molar-refractivity contribution is 6.04. The molecule has 0 unspecified atom stereocenters. The van der Waals surface area contributed by atoms with Crippen LogP contribution >= 0.6 is 0 Å². The van der Waals surface area contributed by atoms with Gasteiger partial charge in [0.2, 0.25) is 0 Å². The Kier molecular flexibility index (Phi) is 4.04. The summed E-state index contributed by atoms with van der Waals surface area (Å²) in [4.78, 5) is 15.9. The topological polar surface area (TPSA) is 51.2 Å². The van der Waals surface area contributed by atoms with Gasteiger partial charge < -0.3 is 10.1 Å². The minimum atomic E-state index is -0.152. The first kappa shape index (κ1) is 12.3. The van der Waals surface area contributed by atoms with E-state index in [0.29, 0.717) is 17.9 Å². The van der Waals surface area contributed by atoms with Crippen LogP contribution < -0.4 is 5.32 Å². The predicted octanol–water partition coefficient (Wildman–Crippen LogP) is 2.48. The molecule has 0 spiro atoms. The highest BCUT2D eigenvalue weighted by Gasteiger charge is 2.06. The summed E-state index contributed by atoms with van der Waals surface area (Å²) >= 11 is 0. The molecule has 1 N–H and O–H groups in total. The monoisotopic (exact) mass is 242 g/mol. The lowest BCUT2D eigenvalue weighted by Gasteiger charge is -2.06. The molecule has 0 saturated heterocycles. The van der Waals surface area contributed by atoms with E-state index < -0.39 is 0 Å². The van der Waals surface area contributed by atoms with E-state index in [1.54, 1.807) is 37.7 Å². The zero-order valence-electron chi connectivity index (χ0n) is 10.1. The maximum Gasteiger partial charge on any atom is 0.255 e. The fourth-order valence-electron chi connectivity index (χ4n) is 1.61. The first-order valence-corrected chi connectivity index (χ1v) is 5.59. The normalized spacial score (nSPS) is 10.1. The Bertz CT molecular complexity index is 526. The average molecular weight is 242 g/mol. The van der Waals surface area contributed by atoms with E-state index >= 15 is 0 Å². The van der Waals surface area contributed by atoms with Crippen molar-refractivity contribution in [3.05, 3.63) is 59.9 Å². The largest absolute Gasteiger partial charge is 0.380 e. The third-order valence-electron chi connectivity index (χ3n) is 2.42. The van der Waals surface area contributed by atoms with Gasteiger partial charge in [0.25, 0.3) is 5.91 Å². The van der Waals surface area contributed by atoms with Gasteiger partial charge in [0.05, 0.1) is 18.5 Å². The van der Waals surface area contributed by atoms with Gasteiger partial charge in [-0.15, -0.1) is 0 Å². The van der Waals surface area contributed by atoms with E-state index in [4.69, 9.17) is 4.74 Å². The molecule has 4 heteroatoms. The van der Waals surface area contributed by atoms with Gasteiger partial charge in [0.15, 0.2) is 0 Å². The van der Waals surface area contributed by atoms with Crippen molar-refractivity contribution < 1.29 is 9.53 Å². The highest BCUT2D eigenvalue weighted by atomic mass is 16.5. The maximum atomic E-state index is 12.0. The van der Waals surface area contributed by atoms with Crippen LogP contribution in [0.3, 0.4) is 0 Å². The lowest BCUT2D eigenvalue weighted by molar-refractivity contribution is 0.102. The van der Waals surface area contributed by atoms with Crippen LogP contribution in [-0.4, -0.2) is 18.0 Å². The lowest BCUT2D eigenvalue weighted by atomic mass is 10.1. The van der Waals surface area contributed by atoms with Crippen molar-refractivity contribution in [1.82, 2.24) is 4.98 Å². The summed E-state index contributed by atoms with van der Waals surface area (Å²) in [5.74, 6) is -0.152. The fourth-order valence-corrected chi connectivity index (χ4v) is 1.61. The molecule has 18 heavy (non-hydrogen) atoms. The number of carbonyl (C=O) groups is 1. The second-order valence-electron chi connectivity index (χ2n) is 3.83. The first-order chi connectivity index (χ1) is 8.79. The lowest BCUT2D eigenvalue weighted by Crippen LogP contribution is -2.12. The summed E-state index contributed by atoms with van der Waals surface area (Å²) in [5, 5.41) is 2.79. The number of amides is 1. The second kappa shape index (κ2) is 5.93. The molecule has 0 aliphatic carbocycles. The van der Waals surface area contributed by atoms with E-state index in [1.165, 1.54) is 0 Å². The van der Waals surface area contributed by atoms with Gasteiger partial charge in [-0.25, -0.2) is 0 Å². The maximum absolute atomic E-state index is 12.0. The number of carbonyl (C=O) groups excluding carboxylic acids is 1. The molecule has 0 saturated carbocycles. The molecule has 0 aliphatic heterocycles. The Morgan fingerprint density at radius 3 is 2.94 bits per heavy atom. The summed E-state index contributed by atoms with van der Waals surface area (Å²) in [7, 11) is 1.63. The van der Waals surface area contributed by atoms with Gasteiger partial charge in [-0.05, 0) is 29.8 Å². The van der Waals surface area contributed by atoms with Crippen LogP contribution in [0.4, 0.5) is 5.69 Å². The van der Waals surface area contributed by atoms with Crippen LogP contribution in [0.15, 0.2) is 48.8 Å². The number of benzene rings is 1. The van der Waals surface area contributed by atoms with Gasteiger partial charge >= 0.3 is 0 Å². The molecule has 0 bridgehead atoms. The Morgan fingerprint density at radius 2 is 2.22 bits per heavy atom. The number of nitrogens with one attached hydrogen (secondary N) is 1. The van der Waals surface area contributed by atoms with Gasteiger partial charge in [-0.3, -0.25) is 9.78 Å². The molecule has 0 aliphatic rings. The average Bonchev–Trinajstić information content (AvgIpc) is 2.40. The van der Waals surface area contributed by atoms with Gasteiger partial charge in [-0.2, -0.15) is 0 Å². The van der Waals surface area contributed by atoms with Gasteiger partial charge in [0, 0.05) is 18.9 Å². The van der Waals surface area contributed by atoms with Crippen LogP contribution in [0.2, 0.25) is 0 Å². The highest BCUT2D eigenvalue weighted by Crippen LogP contribution is 2.10. The molecule has 0 radical (unpaired) electrons.